The van der Waals surface area contributed by atoms with E-state index in [-0.39, 0.29) is 12.5 Å². The van der Waals surface area contributed by atoms with Crippen molar-refractivity contribution in [3.63, 3.8) is 0 Å². The molecule has 20 heavy (non-hydrogen) atoms. The van der Waals surface area contributed by atoms with Crippen molar-refractivity contribution in [3.8, 4) is 0 Å². The molecule has 0 radical (unpaired) electrons. The fourth-order valence-electron chi connectivity index (χ4n) is 3.38. The van der Waals surface area contributed by atoms with Gasteiger partial charge >= 0.3 is 0 Å². The first-order chi connectivity index (χ1) is 9.62. The first kappa shape index (κ1) is 16.2. The van der Waals surface area contributed by atoms with Gasteiger partial charge in [-0.05, 0) is 37.5 Å². The Labute approximate surface area is 122 Å². The third-order valence-electron chi connectivity index (χ3n) is 4.63. The van der Waals surface area contributed by atoms with E-state index in [1.807, 2.05) is 0 Å². The lowest BCUT2D eigenvalue weighted by Gasteiger charge is -2.30. The normalized spacial score (nSPS) is 26.1. The first-order valence-corrected chi connectivity index (χ1v) is 9.41. The van der Waals surface area contributed by atoms with Gasteiger partial charge < -0.3 is 5.11 Å². The Morgan fingerprint density at radius 1 is 1.10 bits per heavy atom. The maximum Gasteiger partial charge on any atom is 0.279 e. The molecule has 1 heterocycles. The lowest BCUT2D eigenvalue weighted by molar-refractivity contribution is 0.164. The van der Waals surface area contributed by atoms with Gasteiger partial charge in [0.25, 0.3) is 10.2 Å². The number of rotatable bonds is 7. The molecule has 0 aromatic carbocycles. The van der Waals surface area contributed by atoms with Crippen LogP contribution in [0.2, 0.25) is 0 Å². The largest absolute Gasteiger partial charge is 0.396 e. The molecule has 1 aliphatic carbocycles. The number of hydrogen-bond donors (Lipinski definition) is 2. The summed E-state index contributed by atoms with van der Waals surface area (Å²) in [5.74, 6) is 0.909. The Morgan fingerprint density at radius 3 is 2.50 bits per heavy atom. The highest BCUT2D eigenvalue weighted by Crippen LogP contribution is 2.28. The summed E-state index contributed by atoms with van der Waals surface area (Å²) in [5, 5.41) is 9.17. The van der Waals surface area contributed by atoms with Crippen LogP contribution in [0, 0.1) is 11.8 Å². The summed E-state index contributed by atoms with van der Waals surface area (Å²) in [4.78, 5) is 0. The van der Waals surface area contributed by atoms with Gasteiger partial charge in [-0.3, -0.25) is 0 Å². The van der Waals surface area contributed by atoms with Gasteiger partial charge in [0, 0.05) is 26.2 Å². The molecular weight excluding hydrogens is 276 g/mol. The summed E-state index contributed by atoms with van der Waals surface area (Å²) in [6.45, 7) is 1.65. The molecule has 1 saturated heterocycles. The van der Waals surface area contributed by atoms with E-state index < -0.39 is 10.2 Å². The predicted octanol–water partition coefficient (Wildman–Crippen LogP) is 1.50. The molecule has 0 aromatic heterocycles. The SMILES string of the molecule is O=S(=O)(NCCCC1CCCC1)N1CCCC(CO)C1. The van der Waals surface area contributed by atoms with E-state index in [0.717, 1.165) is 31.6 Å². The van der Waals surface area contributed by atoms with Crippen LogP contribution in [-0.4, -0.2) is 44.1 Å². The number of aliphatic hydroxyl groups is 1. The van der Waals surface area contributed by atoms with Gasteiger partial charge in [-0.2, -0.15) is 12.7 Å². The van der Waals surface area contributed by atoms with Crippen LogP contribution in [0.1, 0.15) is 51.4 Å². The van der Waals surface area contributed by atoms with Gasteiger partial charge in [-0.1, -0.05) is 25.7 Å². The lowest BCUT2D eigenvalue weighted by atomic mass is 10.0. The molecule has 2 N–H and O–H groups in total. The van der Waals surface area contributed by atoms with Gasteiger partial charge in [0.1, 0.15) is 0 Å². The molecule has 118 valence electrons. The fraction of sp³-hybridized carbons (Fsp3) is 1.00. The maximum atomic E-state index is 12.2. The average molecular weight is 304 g/mol. The highest BCUT2D eigenvalue weighted by atomic mass is 32.2. The van der Waals surface area contributed by atoms with E-state index in [4.69, 9.17) is 5.11 Å². The van der Waals surface area contributed by atoms with E-state index in [0.29, 0.717) is 19.6 Å². The van der Waals surface area contributed by atoms with Crippen LogP contribution >= 0.6 is 0 Å². The Hall–Kier alpha value is -0.170. The van der Waals surface area contributed by atoms with Crippen LogP contribution in [-0.2, 0) is 10.2 Å². The molecule has 1 aliphatic heterocycles. The van der Waals surface area contributed by atoms with Crippen LogP contribution < -0.4 is 4.72 Å². The number of nitrogens with one attached hydrogen (secondary N) is 1. The van der Waals surface area contributed by atoms with Crippen molar-refractivity contribution >= 4 is 10.2 Å². The second-order valence-corrected chi connectivity index (χ2v) is 8.00. The molecule has 2 rings (SSSR count). The van der Waals surface area contributed by atoms with Gasteiger partial charge in [0.2, 0.25) is 0 Å². The molecule has 0 spiro atoms. The fourth-order valence-corrected chi connectivity index (χ4v) is 4.74. The topological polar surface area (TPSA) is 69.6 Å². The molecule has 0 bridgehead atoms. The summed E-state index contributed by atoms with van der Waals surface area (Å²) in [6, 6.07) is 0. The van der Waals surface area contributed by atoms with Crippen molar-refractivity contribution in [1.82, 2.24) is 9.03 Å². The Morgan fingerprint density at radius 2 is 1.80 bits per heavy atom. The number of nitrogens with zero attached hydrogens (tertiary/aromatic N) is 1. The zero-order chi connectivity index (χ0) is 14.4. The van der Waals surface area contributed by atoms with Gasteiger partial charge in [-0.25, -0.2) is 4.72 Å². The third-order valence-corrected chi connectivity index (χ3v) is 6.21. The second-order valence-electron chi connectivity index (χ2n) is 6.24. The van der Waals surface area contributed by atoms with Crippen molar-refractivity contribution in [3.05, 3.63) is 0 Å². The standard InChI is InChI=1S/C14H28N2O3S/c17-12-14-8-4-10-16(11-14)20(18,19)15-9-3-7-13-5-1-2-6-13/h13-15,17H,1-12H2. The summed E-state index contributed by atoms with van der Waals surface area (Å²) < 4.78 is 28.6. The summed E-state index contributed by atoms with van der Waals surface area (Å²) in [6.07, 6.45) is 9.15. The first-order valence-electron chi connectivity index (χ1n) is 7.97. The number of hydrogen-bond acceptors (Lipinski definition) is 3. The van der Waals surface area contributed by atoms with Crippen LogP contribution in [0.4, 0.5) is 0 Å². The smallest absolute Gasteiger partial charge is 0.279 e. The zero-order valence-electron chi connectivity index (χ0n) is 12.3. The second kappa shape index (κ2) is 7.73. The summed E-state index contributed by atoms with van der Waals surface area (Å²) in [5.41, 5.74) is 0. The molecule has 2 fully saturated rings. The van der Waals surface area contributed by atoms with E-state index >= 15 is 0 Å². The van der Waals surface area contributed by atoms with Gasteiger partial charge in [-0.15, -0.1) is 0 Å². The van der Waals surface area contributed by atoms with Crippen molar-refractivity contribution in [2.24, 2.45) is 11.8 Å². The molecule has 5 nitrogen and oxygen atoms in total. The molecule has 0 amide bonds. The maximum absolute atomic E-state index is 12.2. The molecule has 1 atom stereocenters. The highest BCUT2D eigenvalue weighted by Gasteiger charge is 2.28. The average Bonchev–Trinajstić information content (AvgIpc) is 2.97. The minimum Gasteiger partial charge on any atom is -0.396 e. The van der Waals surface area contributed by atoms with E-state index in [9.17, 15) is 8.42 Å². The summed E-state index contributed by atoms with van der Waals surface area (Å²) >= 11 is 0. The van der Waals surface area contributed by atoms with Crippen molar-refractivity contribution in [2.75, 3.05) is 26.2 Å². The van der Waals surface area contributed by atoms with E-state index in [2.05, 4.69) is 4.72 Å². The Balaban J connectivity index is 1.69. The lowest BCUT2D eigenvalue weighted by Crippen LogP contribution is -2.46. The molecule has 6 heteroatoms. The minimum absolute atomic E-state index is 0.0771. The van der Waals surface area contributed by atoms with Crippen molar-refractivity contribution in [1.29, 1.82) is 0 Å². The van der Waals surface area contributed by atoms with Gasteiger partial charge in [0.15, 0.2) is 0 Å². The predicted molar refractivity (Wildman–Crippen MR) is 79.5 cm³/mol. The van der Waals surface area contributed by atoms with Crippen LogP contribution in [0.5, 0.6) is 0 Å². The van der Waals surface area contributed by atoms with Crippen molar-refractivity contribution < 1.29 is 13.5 Å². The molecular formula is C14H28N2O3S. The third kappa shape index (κ3) is 4.69. The zero-order valence-corrected chi connectivity index (χ0v) is 13.1. The summed E-state index contributed by atoms with van der Waals surface area (Å²) in [7, 11) is -3.35. The van der Waals surface area contributed by atoms with Crippen molar-refractivity contribution in [2.45, 2.75) is 51.4 Å². The number of aliphatic hydroxyl groups excluding tert-OH is 1. The van der Waals surface area contributed by atoms with Crippen LogP contribution in [0.3, 0.4) is 0 Å². The Kier molecular flexibility index (Phi) is 6.26. The van der Waals surface area contributed by atoms with Crippen LogP contribution in [0.15, 0.2) is 0 Å². The quantitative estimate of drug-likeness (QED) is 0.700. The highest BCUT2D eigenvalue weighted by molar-refractivity contribution is 7.87. The molecule has 2 aliphatic rings. The van der Waals surface area contributed by atoms with Crippen LogP contribution in [0.25, 0.3) is 0 Å². The molecule has 1 saturated carbocycles. The van der Waals surface area contributed by atoms with E-state index in [1.54, 1.807) is 0 Å². The molecule has 0 aromatic rings. The van der Waals surface area contributed by atoms with Gasteiger partial charge in [0.05, 0.1) is 0 Å². The van der Waals surface area contributed by atoms with E-state index in [1.165, 1.54) is 30.0 Å². The molecule has 1 unspecified atom stereocenters. The Bertz CT molecular complexity index is 380. The minimum atomic E-state index is -3.35. The monoisotopic (exact) mass is 304 g/mol. The number of piperidine rings is 1.